The van der Waals surface area contributed by atoms with Crippen molar-refractivity contribution in [2.24, 2.45) is 5.10 Å². The average Bonchev–Trinajstić information content (AvgIpc) is 2.48. The Morgan fingerprint density at radius 1 is 1.27 bits per heavy atom. The van der Waals surface area contributed by atoms with Crippen LogP contribution >= 0.6 is 0 Å². The van der Waals surface area contributed by atoms with Gasteiger partial charge in [-0.05, 0) is 18.2 Å². The molecule has 0 aromatic heterocycles. The standard InChI is InChI=1S/C14H17N3O4S/c1-16-14(18)6-4-11(15-16)10-3-5-13-12(9-10)17(7-8-21-13)22(2,19)20/h3,5,9H,4,6-8H2,1-2H3. The SMILES string of the molecule is CN1N=C(c2ccc3c(c2)N(S(C)(=O)=O)CCO3)CCC1=O. The topological polar surface area (TPSA) is 79.3 Å². The van der Waals surface area contributed by atoms with E-state index in [4.69, 9.17) is 4.74 Å². The van der Waals surface area contributed by atoms with Gasteiger partial charge in [0, 0.05) is 25.5 Å². The summed E-state index contributed by atoms with van der Waals surface area (Å²) in [6, 6.07) is 5.35. The van der Waals surface area contributed by atoms with Gasteiger partial charge in [-0.1, -0.05) is 0 Å². The second kappa shape index (κ2) is 5.28. The summed E-state index contributed by atoms with van der Waals surface area (Å²) in [7, 11) is -1.74. The third-order valence-corrected chi connectivity index (χ3v) is 4.90. The molecule has 2 heterocycles. The molecule has 0 fully saturated rings. The zero-order valence-corrected chi connectivity index (χ0v) is 13.3. The first-order chi connectivity index (χ1) is 10.4. The number of carbonyl (C=O) groups excluding carboxylic acids is 1. The Labute approximate surface area is 129 Å². The molecule has 2 aliphatic rings. The number of carbonyl (C=O) groups is 1. The fraction of sp³-hybridized carbons (Fsp3) is 0.429. The fourth-order valence-electron chi connectivity index (χ4n) is 2.59. The van der Waals surface area contributed by atoms with Crippen LogP contribution in [0.5, 0.6) is 5.75 Å². The molecule has 1 aromatic carbocycles. The van der Waals surface area contributed by atoms with Gasteiger partial charge in [-0.15, -0.1) is 0 Å². The van der Waals surface area contributed by atoms with E-state index in [1.165, 1.54) is 15.6 Å². The van der Waals surface area contributed by atoms with E-state index in [9.17, 15) is 13.2 Å². The highest BCUT2D eigenvalue weighted by Crippen LogP contribution is 2.34. The largest absolute Gasteiger partial charge is 0.489 e. The molecule has 0 unspecified atom stereocenters. The highest BCUT2D eigenvalue weighted by Gasteiger charge is 2.27. The van der Waals surface area contributed by atoms with E-state index in [0.717, 1.165) is 11.3 Å². The van der Waals surface area contributed by atoms with Gasteiger partial charge in [-0.3, -0.25) is 9.10 Å². The molecular formula is C14H17N3O4S. The second-order valence-corrected chi connectivity index (χ2v) is 7.24. The van der Waals surface area contributed by atoms with Crippen LogP contribution < -0.4 is 9.04 Å². The number of fused-ring (bicyclic) bond motifs is 1. The van der Waals surface area contributed by atoms with Crippen LogP contribution in [0.25, 0.3) is 0 Å². The molecule has 118 valence electrons. The van der Waals surface area contributed by atoms with Gasteiger partial charge < -0.3 is 4.74 Å². The monoisotopic (exact) mass is 323 g/mol. The number of hydrogen-bond donors (Lipinski definition) is 0. The molecule has 0 spiro atoms. The summed E-state index contributed by atoms with van der Waals surface area (Å²) in [5.74, 6) is 0.518. The lowest BCUT2D eigenvalue weighted by atomic mass is 10.0. The Kier molecular flexibility index (Phi) is 3.56. The van der Waals surface area contributed by atoms with Crippen LogP contribution in [-0.2, 0) is 14.8 Å². The summed E-state index contributed by atoms with van der Waals surface area (Å²) in [6.07, 6.45) is 2.12. The van der Waals surface area contributed by atoms with Gasteiger partial charge in [-0.25, -0.2) is 13.4 Å². The number of ether oxygens (including phenoxy) is 1. The summed E-state index contributed by atoms with van der Waals surface area (Å²) in [6.45, 7) is 0.623. The number of anilines is 1. The minimum atomic E-state index is -3.36. The molecule has 0 radical (unpaired) electrons. The van der Waals surface area contributed by atoms with Crippen LogP contribution in [0, 0.1) is 0 Å². The molecule has 1 amide bonds. The minimum Gasteiger partial charge on any atom is -0.489 e. The van der Waals surface area contributed by atoms with Crippen LogP contribution in [0.3, 0.4) is 0 Å². The van der Waals surface area contributed by atoms with E-state index in [1.54, 1.807) is 19.2 Å². The van der Waals surface area contributed by atoms with Crippen molar-refractivity contribution in [3.8, 4) is 5.75 Å². The van der Waals surface area contributed by atoms with Crippen molar-refractivity contribution in [3.05, 3.63) is 23.8 Å². The second-order valence-electron chi connectivity index (χ2n) is 5.33. The summed E-state index contributed by atoms with van der Waals surface area (Å²) in [5.41, 5.74) is 2.09. The number of hydrazone groups is 1. The first kappa shape index (κ1) is 14.8. The summed E-state index contributed by atoms with van der Waals surface area (Å²) >= 11 is 0. The Bertz CT molecular complexity index is 757. The Hall–Kier alpha value is -2.09. The molecule has 0 saturated carbocycles. The molecule has 0 atom stereocenters. The van der Waals surface area contributed by atoms with Gasteiger partial charge in [0.2, 0.25) is 15.9 Å². The summed E-state index contributed by atoms with van der Waals surface area (Å²) in [5, 5.41) is 5.58. The Balaban J connectivity index is 2.03. The van der Waals surface area contributed by atoms with E-state index in [1.807, 2.05) is 6.07 Å². The van der Waals surface area contributed by atoms with Crippen molar-refractivity contribution in [2.45, 2.75) is 12.8 Å². The van der Waals surface area contributed by atoms with Crippen LogP contribution in [0.1, 0.15) is 18.4 Å². The summed E-state index contributed by atoms with van der Waals surface area (Å²) < 4.78 is 30.7. The summed E-state index contributed by atoms with van der Waals surface area (Å²) in [4.78, 5) is 11.5. The predicted octanol–water partition coefficient (Wildman–Crippen LogP) is 0.801. The third kappa shape index (κ3) is 2.66. The number of amides is 1. The van der Waals surface area contributed by atoms with E-state index in [-0.39, 0.29) is 5.91 Å². The Morgan fingerprint density at radius 2 is 2.05 bits per heavy atom. The first-order valence-corrected chi connectivity index (χ1v) is 8.80. The van der Waals surface area contributed by atoms with Crippen molar-refractivity contribution < 1.29 is 17.9 Å². The first-order valence-electron chi connectivity index (χ1n) is 6.95. The molecule has 1 aromatic rings. The smallest absolute Gasteiger partial charge is 0.242 e. The molecule has 2 aliphatic heterocycles. The van der Waals surface area contributed by atoms with Gasteiger partial charge in [0.15, 0.2) is 0 Å². The van der Waals surface area contributed by atoms with Gasteiger partial charge >= 0.3 is 0 Å². The van der Waals surface area contributed by atoms with Crippen LogP contribution in [0.2, 0.25) is 0 Å². The maximum Gasteiger partial charge on any atom is 0.242 e. The average molecular weight is 323 g/mol. The number of benzene rings is 1. The number of sulfonamides is 1. The normalized spacial score (nSPS) is 18.6. The fourth-order valence-corrected chi connectivity index (χ4v) is 3.50. The van der Waals surface area contributed by atoms with E-state index < -0.39 is 10.0 Å². The van der Waals surface area contributed by atoms with Gasteiger partial charge in [0.05, 0.1) is 24.2 Å². The van der Waals surface area contributed by atoms with E-state index >= 15 is 0 Å². The Morgan fingerprint density at radius 3 is 2.73 bits per heavy atom. The van der Waals surface area contributed by atoms with Crippen molar-refractivity contribution in [1.29, 1.82) is 0 Å². The maximum atomic E-state index is 11.9. The third-order valence-electron chi connectivity index (χ3n) is 3.72. The lowest BCUT2D eigenvalue weighted by Gasteiger charge is -2.30. The van der Waals surface area contributed by atoms with Gasteiger partial charge in [0.1, 0.15) is 12.4 Å². The molecule has 0 saturated heterocycles. The van der Waals surface area contributed by atoms with Crippen molar-refractivity contribution in [1.82, 2.24) is 5.01 Å². The van der Waals surface area contributed by atoms with Gasteiger partial charge in [0.25, 0.3) is 0 Å². The lowest BCUT2D eigenvalue weighted by Crippen LogP contribution is -2.37. The molecule has 22 heavy (non-hydrogen) atoms. The highest BCUT2D eigenvalue weighted by molar-refractivity contribution is 7.92. The van der Waals surface area contributed by atoms with Crippen LogP contribution in [-0.4, -0.2) is 51.5 Å². The van der Waals surface area contributed by atoms with Crippen molar-refractivity contribution in [3.63, 3.8) is 0 Å². The predicted molar refractivity (Wildman–Crippen MR) is 82.7 cm³/mol. The molecule has 7 nitrogen and oxygen atoms in total. The van der Waals surface area contributed by atoms with Crippen molar-refractivity contribution in [2.75, 3.05) is 30.8 Å². The minimum absolute atomic E-state index is 0.0252. The molecule has 3 rings (SSSR count). The molecular weight excluding hydrogens is 306 g/mol. The highest BCUT2D eigenvalue weighted by atomic mass is 32.2. The quantitative estimate of drug-likeness (QED) is 0.806. The zero-order chi connectivity index (χ0) is 15.9. The maximum absolute atomic E-state index is 11.9. The van der Waals surface area contributed by atoms with Gasteiger partial charge in [-0.2, -0.15) is 5.10 Å². The van der Waals surface area contributed by atoms with Crippen LogP contribution in [0.4, 0.5) is 5.69 Å². The number of hydrogen-bond acceptors (Lipinski definition) is 5. The van der Waals surface area contributed by atoms with Crippen molar-refractivity contribution >= 4 is 27.3 Å². The van der Waals surface area contributed by atoms with E-state index in [0.29, 0.717) is 37.4 Å². The molecule has 0 N–H and O–H groups in total. The lowest BCUT2D eigenvalue weighted by molar-refractivity contribution is -0.130. The molecule has 0 aliphatic carbocycles. The van der Waals surface area contributed by atoms with E-state index in [2.05, 4.69) is 5.10 Å². The number of rotatable bonds is 2. The molecule has 8 heteroatoms. The zero-order valence-electron chi connectivity index (χ0n) is 12.4. The number of nitrogens with zero attached hydrogens (tertiary/aromatic N) is 3. The van der Waals surface area contributed by atoms with Crippen LogP contribution in [0.15, 0.2) is 23.3 Å². The molecule has 0 bridgehead atoms.